The maximum absolute atomic E-state index is 13.5. The predicted molar refractivity (Wildman–Crippen MR) is 151 cm³/mol. The number of rotatable bonds is 10. The van der Waals surface area contributed by atoms with E-state index in [0.717, 1.165) is 27.8 Å². The Kier molecular flexibility index (Phi) is 8.83. The Labute approximate surface area is 243 Å². The smallest absolute Gasteiger partial charge is 0.407 e. The minimum absolute atomic E-state index is 0.00206. The fraction of sp³-hybridized carbons (Fsp3) is 0.312. The van der Waals surface area contributed by atoms with Crippen molar-refractivity contribution < 1.29 is 38.5 Å². The Morgan fingerprint density at radius 3 is 2.10 bits per heavy atom. The molecular formula is C32H32N2O8. The number of aliphatic carboxylic acids is 1. The highest BCUT2D eigenvalue weighted by Gasteiger charge is 2.42. The normalized spacial score (nSPS) is 18.1. The number of nitrogens with one attached hydrogen (secondary N) is 1. The Morgan fingerprint density at radius 1 is 0.881 bits per heavy atom. The molecule has 42 heavy (non-hydrogen) atoms. The zero-order valence-corrected chi connectivity index (χ0v) is 23.1. The molecular weight excluding hydrogens is 540 g/mol. The van der Waals surface area contributed by atoms with Gasteiger partial charge in [0.25, 0.3) is 0 Å². The number of fused-ring (bicyclic) bond motifs is 3. The highest BCUT2D eigenvalue weighted by Crippen LogP contribution is 2.44. The summed E-state index contributed by atoms with van der Waals surface area (Å²) in [6, 6.07) is 23.6. The minimum Gasteiger partial charge on any atom is -0.481 e. The lowest BCUT2D eigenvalue weighted by atomic mass is 9.98. The summed E-state index contributed by atoms with van der Waals surface area (Å²) in [5, 5.41) is 12.1. The molecule has 1 fully saturated rings. The van der Waals surface area contributed by atoms with Crippen LogP contribution < -0.4 is 5.32 Å². The first kappa shape index (κ1) is 28.8. The van der Waals surface area contributed by atoms with Crippen molar-refractivity contribution in [2.45, 2.75) is 31.1 Å². The summed E-state index contributed by atoms with van der Waals surface area (Å²) in [5.41, 5.74) is 4.99. The van der Waals surface area contributed by atoms with Gasteiger partial charge in [-0.25, -0.2) is 4.79 Å². The number of amides is 2. The summed E-state index contributed by atoms with van der Waals surface area (Å²) in [5.74, 6) is -3.54. The number of alkyl carbamates (subject to hydrolysis) is 1. The number of hydrogen-bond donors (Lipinski definition) is 2. The first-order chi connectivity index (χ1) is 20.4. The molecule has 0 saturated carbocycles. The van der Waals surface area contributed by atoms with Gasteiger partial charge >= 0.3 is 18.0 Å². The molecule has 218 valence electrons. The molecule has 1 heterocycles. The number of ether oxygens (including phenoxy) is 3. The topological polar surface area (TPSA) is 131 Å². The fourth-order valence-corrected chi connectivity index (χ4v) is 5.60. The van der Waals surface area contributed by atoms with Gasteiger partial charge in [0.1, 0.15) is 25.2 Å². The van der Waals surface area contributed by atoms with E-state index in [0.29, 0.717) is 0 Å². The zero-order chi connectivity index (χ0) is 29.6. The van der Waals surface area contributed by atoms with Crippen molar-refractivity contribution in [1.82, 2.24) is 10.2 Å². The SMILES string of the molecule is COC1CN(C(=O)[C@H](CC(=O)OCc2ccccc2)NC(=O)OCC2c3ccccc3-c3ccccc32)CC1C(=O)O. The monoisotopic (exact) mass is 572 g/mol. The lowest BCUT2D eigenvalue weighted by Gasteiger charge is -2.24. The van der Waals surface area contributed by atoms with E-state index in [1.165, 1.54) is 12.0 Å². The van der Waals surface area contributed by atoms with Crippen LogP contribution in [0.2, 0.25) is 0 Å². The van der Waals surface area contributed by atoms with E-state index in [9.17, 15) is 24.3 Å². The van der Waals surface area contributed by atoms with Crippen LogP contribution >= 0.6 is 0 Å². The molecule has 0 bridgehead atoms. The van der Waals surface area contributed by atoms with Crippen LogP contribution in [-0.4, -0.2) is 72.9 Å². The molecule has 1 saturated heterocycles. The summed E-state index contributed by atoms with van der Waals surface area (Å²) < 4.78 is 16.2. The van der Waals surface area contributed by atoms with Crippen molar-refractivity contribution in [3.63, 3.8) is 0 Å². The van der Waals surface area contributed by atoms with Crippen LogP contribution in [0.3, 0.4) is 0 Å². The molecule has 0 aromatic heterocycles. The van der Waals surface area contributed by atoms with E-state index in [-0.39, 0.29) is 32.2 Å². The maximum Gasteiger partial charge on any atom is 0.407 e. The molecule has 1 aliphatic heterocycles. The average Bonchev–Trinajstić information content (AvgIpc) is 3.59. The van der Waals surface area contributed by atoms with Gasteiger partial charge < -0.3 is 29.5 Å². The van der Waals surface area contributed by atoms with Crippen LogP contribution in [0.5, 0.6) is 0 Å². The molecule has 0 radical (unpaired) electrons. The van der Waals surface area contributed by atoms with Gasteiger partial charge in [-0.15, -0.1) is 0 Å². The van der Waals surface area contributed by atoms with Gasteiger partial charge in [-0.2, -0.15) is 0 Å². The fourth-order valence-electron chi connectivity index (χ4n) is 5.60. The first-order valence-corrected chi connectivity index (χ1v) is 13.7. The number of carboxylic acids is 1. The van der Waals surface area contributed by atoms with E-state index in [1.807, 2.05) is 66.7 Å². The molecule has 2 unspecified atom stereocenters. The van der Waals surface area contributed by atoms with Crippen LogP contribution in [0.15, 0.2) is 78.9 Å². The number of carbonyl (C=O) groups is 4. The molecule has 1 aliphatic carbocycles. The van der Waals surface area contributed by atoms with E-state index < -0.39 is 48.4 Å². The van der Waals surface area contributed by atoms with Crippen LogP contribution in [0, 0.1) is 5.92 Å². The van der Waals surface area contributed by atoms with Crippen LogP contribution in [0.1, 0.15) is 29.0 Å². The number of likely N-dealkylation sites (tertiary alicyclic amines) is 1. The van der Waals surface area contributed by atoms with Gasteiger partial charge in [0.15, 0.2) is 0 Å². The third kappa shape index (κ3) is 6.28. The molecule has 2 N–H and O–H groups in total. The Hall–Kier alpha value is -4.70. The van der Waals surface area contributed by atoms with E-state index in [4.69, 9.17) is 14.2 Å². The quantitative estimate of drug-likeness (QED) is 0.353. The number of nitrogens with zero attached hydrogens (tertiary/aromatic N) is 1. The van der Waals surface area contributed by atoms with E-state index in [1.54, 1.807) is 12.1 Å². The number of hydrogen-bond acceptors (Lipinski definition) is 7. The zero-order valence-electron chi connectivity index (χ0n) is 23.1. The minimum atomic E-state index is -1.33. The first-order valence-electron chi connectivity index (χ1n) is 13.7. The number of methoxy groups -OCH3 is 1. The molecule has 10 heteroatoms. The molecule has 3 atom stereocenters. The predicted octanol–water partition coefficient (Wildman–Crippen LogP) is 3.59. The Balaban J connectivity index is 1.27. The lowest BCUT2D eigenvalue weighted by Crippen LogP contribution is -2.49. The average molecular weight is 573 g/mol. The van der Waals surface area contributed by atoms with Gasteiger partial charge in [-0.3, -0.25) is 14.4 Å². The van der Waals surface area contributed by atoms with Crippen molar-refractivity contribution in [1.29, 1.82) is 0 Å². The van der Waals surface area contributed by atoms with Gasteiger partial charge in [0, 0.05) is 26.1 Å². The van der Waals surface area contributed by atoms with Gasteiger partial charge in [0.2, 0.25) is 5.91 Å². The summed E-state index contributed by atoms with van der Waals surface area (Å²) >= 11 is 0. The highest BCUT2D eigenvalue weighted by molar-refractivity contribution is 5.90. The Morgan fingerprint density at radius 2 is 1.50 bits per heavy atom. The maximum atomic E-state index is 13.5. The molecule has 10 nitrogen and oxygen atoms in total. The van der Waals surface area contributed by atoms with E-state index in [2.05, 4.69) is 5.32 Å². The number of benzene rings is 3. The van der Waals surface area contributed by atoms with Gasteiger partial charge in [0.05, 0.1) is 12.5 Å². The van der Waals surface area contributed by atoms with Crippen LogP contribution in [0.4, 0.5) is 4.79 Å². The van der Waals surface area contributed by atoms with Crippen molar-refractivity contribution in [3.05, 3.63) is 95.6 Å². The van der Waals surface area contributed by atoms with E-state index >= 15 is 0 Å². The third-order valence-corrected chi connectivity index (χ3v) is 7.75. The molecule has 5 rings (SSSR count). The summed E-state index contributed by atoms with van der Waals surface area (Å²) in [7, 11) is 1.38. The lowest BCUT2D eigenvalue weighted by molar-refractivity contribution is -0.148. The van der Waals surface area contributed by atoms with Crippen LogP contribution in [0.25, 0.3) is 11.1 Å². The number of esters is 1. The van der Waals surface area contributed by atoms with Crippen LogP contribution in [-0.2, 0) is 35.2 Å². The molecule has 2 amide bonds. The number of carbonyl (C=O) groups excluding carboxylic acids is 3. The standard InChI is InChI=1S/C32H32N2O8/c1-40-28-17-34(16-25(28)31(37)38)30(36)27(15-29(35)41-18-20-9-3-2-4-10-20)33-32(39)42-19-26-23-13-7-5-11-21(23)22-12-6-8-14-24(22)26/h2-14,25-28H,15-19H2,1H3,(H,33,39)(H,37,38)/t25?,27-,28?/m0/s1. The van der Waals surface area contributed by atoms with Crippen molar-refractivity contribution in [2.24, 2.45) is 5.92 Å². The number of carboxylic acid groups (broad SMARTS) is 1. The molecule has 3 aromatic carbocycles. The van der Waals surface area contributed by atoms with Crippen molar-refractivity contribution >= 4 is 23.9 Å². The second-order valence-electron chi connectivity index (χ2n) is 10.3. The van der Waals surface area contributed by atoms with Crippen molar-refractivity contribution in [3.8, 4) is 11.1 Å². The third-order valence-electron chi connectivity index (χ3n) is 7.75. The second-order valence-corrected chi connectivity index (χ2v) is 10.3. The second kappa shape index (κ2) is 12.9. The summed E-state index contributed by atoms with van der Waals surface area (Å²) in [6.45, 7) is -0.0826. The van der Waals surface area contributed by atoms with Gasteiger partial charge in [-0.1, -0.05) is 78.9 Å². The van der Waals surface area contributed by atoms with Gasteiger partial charge in [-0.05, 0) is 27.8 Å². The molecule has 0 spiro atoms. The molecule has 2 aliphatic rings. The van der Waals surface area contributed by atoms with Crippen molar-refractivity contribution in [2.75, 3.05) is 26.8 Å². The Bertz CT molecular complexity index is 1410. The largest absolute Gasteiger partial charge is 0.481 e. The molecule has 3 aromatic rings. The summed E-state index contributed by atoms with van der Waals surface area (Å²) in [6.07, 6.45) is -2.04. The highest BCUT2D eigenvalue weighted by atomic mass is 16.6. The summed E-state index contributed by atoms with van der Waals surface area (Å²) in [4.78, 5) is 52.3.